The van der Waals surface area contributed by atoms with Crippen LogP contribution in [-0.2, 0) is 9.59 Å². The van der Waals surface area contributed by atoms with Gasteiger partial charge in [0.1, 0.15) is 6.54 Å². The maximum atomic E-state index is 11.1. The van der Waals surface area contributed by atoms with E-state index in [2.05, 4.69) is 0 Å². The summed E-state index contributed by atoms with van der Waals surface area (Å²) in [4.78, 5) is 22.6. The molecule has 0 atom stereocenters. The molecule has 0 saturated heterocycles. The summed E-state index contributed by atoms with van der Waals surface area (Å²) in [5.41, 5.74) is 0. The van der Waals surface area contributed by atoms with E-state index < -0.39 is 5.97 Å². The molecule has 0 spiro atoms. The molecular weight excluding hydrogens is 158 g/mol. The number of amides is 1. The van der Waals surface area contributed by atoms with E-state index in [-0.39, 0.29) is 18.9 Å². The first kappa shape index (κ1) is 8.52. The number of carboxylic acids is 1. The minimum atomic E-state index is -1.00. The Kier molecular flexibility index (Phi) is 2.63. The third-order valence-electron chi connectivity index (χ3n) is 1.43. The second-order valence-electron chi connectivity index (χ2n) is 2.39. The van der Waals surface area contributed by atoms with Crippen LogP contribution in [0.2, 0.25) is 0 Å². The molecule has 64 valence electrons. The Morgan fingerprint density at radius 1 is 1.58 bits per heavy atom. The third kappa shape index (κ3) is 2.23. The predicted octanol–water partition coefficient (Wildman–Crippen LogP) is 0.373. The molecule has 1 heterocycles. The Labute approximate surface area is 69.8 Å². The highest BCUT2D eigenvalue weighted by atomic mass is 16.4. The van der Waals surface area contributed by atoms with E-state index in [1.165, 1.54) is 11.1 Å². The number of carbonyl (C=O) groups is 2. The molecule has 1 aliphatic heterocycles. The highest BCUT2D eigenvalue weighted by molar-refractivity contribution is 5.83. The zero-order valence-electron chi connectivity index (χ0n) is 6.43. The van der Waals surface area contributed by atoms with Gasteiger partial charge in [-0.05, 0) is 6.08 Å². The molecule has 0 saturated carbocycles. The highest BCUT2D eigenvalue weighted by Gasteiger charge is 2.13. The molecule has 1 aliphatic rings. The maximum Gasteiger partial charge on any atom is 0.323 e. The van der Waals surface area contributed by atoms with Gasteiger partial charge < -0.3 is 10.0 Å². The van der Waals surface area contributed by atoms with Gasteiger partial charge in [0.15, 0.2) is 0 Å². The normalized spacial score (nSPS) is 16.3. The minimum Gasteiger partial charge on any atom is -0.480 e. The number of carboxylic acid groups (broad SMARTS) is 1. The maximum absolute atomic E-state index is 11.1. The molecular formula is C8H9NO3. The lowest BCUT2D eigenvalue weighted by molar-refractivity contribution is -0.142. The molecule has 0 fully saturated rings. The summed E-state index contributed by atoms with van der Waals surface area (Å²) < 4.78 is 0. The molecule has 0 aromatic carbocycles. The largest absolute Gasteiger partial charge is 0.480 e. The van der Waals surface area contributed by atoms with Crippen LogP contribution in [0.4, 0.5) is 0 Å². The zero-order chi connectivity index (χ0) is 8.97. The van der Waals surface area contributed by atoms with Crippen molar-refractivity contribution in [2.75, 3.05) is 6.54 Å². The van der Waals surface area contributed by atoms with E-state index in [1.54, 1.807) is 18.2 Å². The van der Waals surface area contributed by atoms with E-state index in [9.17, 15) is 9.59 Å². The van der Waals surface area contributed by atoms with Crippen LogP contribution in [0.5, 0.6) is 0 Å². The summed E-state index contributed by atoms with van der Waals surface area (Å²) in [6, 6.07) is 0. The molecule has 12 heavy (non-hydrogen) atoms. The van der Waals surface area contributed by atoms with Crippen molar-refractivity contribution in [3.8, 4) is 0 Å². The van der Waals surface area contributed by atoms with E-state index >= 15 is 0 Å². The van der Waals surface area contributed by atoms with E-state index in [0.29, 0.717) is 0 Å². The SMILES string of the molecule is O=C(O)CN1C=CC=CCC1=O. The van der Waals surface area contributed by atoms with Gasteiger partial charge in [-0.2, -0.15) is 0 Å². The minimum absolute atomic E-state index is 0.192. The van der Waals surface area contributed by atoms with Gasteiger partial charge in [-0.1, -0.05) is 12.2 Å². The second-order valence-corrected chi connectivity index (χ2v) is 2.39. The van der Waals surface area contributed by atoms with Crippen LogP contribution in [0.25, 0.3) is 0 Å². The quantitative estimate of drug-likeness (QED) is 0.646. The molecule has 0 bridgehead atoms. The lowest BCUT2D eigenvalue weighted by Gasteiger charge is -2.13. The molecule has 1 amide bonds. The molecule has 0 aromatic heterocycles. The smallest absolute Gasteiger partial charge is 0.323 e. The summed E-state index contributed by atoms with van der Waals surface area (Å²) in [5, 5.41) is 8.43. The summed E-state index contributed by atoms with van der Waals surface area (Å²) in [7, 11) is 0. The van der Waals surface area contributed by atoms with Crippen LogP contribution in [-0.4, -0.2) is 28.4 Å². The van der Waals surface area contributed by atoms with Crippen LogP contribution in [0, 0.1) is 0 Å². The van der Waals surface area contributed by atoms with Crippen molar-refractivity contribution in [1.82, 2.24) is 4.90 Å². The van der Waals surface area contributed by atoms with Crippen molar-refractivity contribution in [3.63, 3.8) is 0 Å². The van der Waals surface area contributed by atoms with Gasteiger partial charge in [-0.25, -0.2) is 0 Å². The van der Waals surface area contributed by atoms with Crippen LogP contribution in [0.3, 0.4) is 0 Å². The van der Waals surface area contributed by atoms with Crippen LogP contribution < -0.4 is 0 Å². The van der Waals surface area contributed by atoms with E-state index in [1.807, 2.05) is 0 Å². The average molecular weight is 167 g/mol. The molecule has 1 rings (SSSR count). The fraction of sp³-hybridized carbons (Fsp3) is 0.250. The third-order valence-corrected chi connectivity index (χ3v) is 1.43. The van der Waals surface area contributed by atoms with Crippen LogP contribution >= 0.6 is 0 Å². The predicted molar refractivity (Wildman–Crippen MR) is 42.2 cm³/mol. The van der Waals surface area contributed by atoms with E-state index in [4.69, 9.17) is 5.11 Å². The monoisotopic (exact) mass is 167 g/mol. The fourth-order valence-corrected chi connectivity index (χ4v) is 0.888. The summed E-state index contributed by atoms with van der Waals surface area (Å²) in [6.07, 6.45) is 6.80. The van der Waals surface area contributed by atoms with Gasteiger partial charge in [0.2, 0.25) is 5.91 Å². The molecule has 0 radical (unpaired) electrons. The second kappa shape index (κ2) is 3.71. The van der Waals surface area contributed by atoms with Crippen molar-refractivity contribution < 1.29 is 14.7 Å². The lowest BCUT2D eigenvalue weighted by Crippen LogP contribution is -2.30. The standard InChI is InChI=1S/C8H9NO3/c10-7-4-2-1-3-5-9(7)6-8(11)12/h1-3,5H,4,6H2,(H,11,12). The van der Waals surface area contributed by atoms with Gasteiger partial charge >= 0.3 is 5.97 Å². The molecule has 0 aromatic rings. The Balaban J connectivity index is 2.63. The van der Waals surface area contributed by atoms with Gasteiger partial charge in [-0.3, -0.25) is 9.59 Å². The van der Waals surface area contributed by atoms with Crippen LogP contribution in [0.1, 0.15) is 6.42 Å². The Bertz CT molecular complexity index is 255. The Hall–Kier alpha value is -1.58. The van der Waals surface area contributed by atoms with Gasteiger partial charge in [0, 0.05) is 12.6 Å². The number of carbonyl (C=O) groups excluding carboxylic acids is 1. The van der Waals surface area contributed by atoms with Crippen molar-refractivity contribution in [1.29, 1.82) is 0 Å². The first-order valence-corrected chi connectivity index (χ1v) is 3.55. The highest BCUT2D eigenvalue weighted by Crippen LogP contribution is 2.01. The number of allylic oxidation sites excluding steroid dienone is 2. The Morgan fingerprint density at radius 2 is 2.33 bits per heavy atom. The average Bonchev–Trinajstić information content (AvgIpc) is 2.16. The van der Waals surface area contributed by atoms with Crippen molar-refractivity contribution in [3.05, 3.63) is 24.4 Å². The number of hydrogen-bond acceptors (Lipinski definition) is 2. The first-order chi connectivity index (χ1) is 5.70. The first-order valence-electron chi connectivity index (χ1n) is 3.55. The number of rotatable bonds is 2. The number of aliphatic carboxylic acids is 1. The van der Waals surface area contributed by atoms with Crippen LogP contribution in [0.15, 0.2) is 24.4 Å². The summed E-state index contributed by atoms with van der Waals surface area (Å²) in [5.74, 6) is -1.20. The van der Waals surface area contributed by atoms with Crippen molar-refractivity contribution in [2.24, 2.45) is 0 Å². The molecule has 4 heteroatoms. The lowest BCUT2D eigenvalue weighted by atomic mass is 10.3. The van der Waals surface area contributed by atoms with Crippen molar-refractivity contribution in [2.45, 2.75) is 6.42 Å². The molecule has 1 N–H and O–H groups in total. The molecule has 0 unspecified atom stereocenters. The molecule has 4 nitrogen and oxygen atoms in total. The topological polar surface area (TPSA) is 57.6 Å². The number of hydrogen-bond donors (Lipinski definition) is 1. The van der Waals surface area contributed by atoms with Gasteiger partial charge in [-0.15, -0.1) is 0 Å². The Morgan fingerprint density at radius 3 is 3.00 bits per heavy atom. The van der Waals surface area contributed by atoms with Crippen molar-refractivity contribution >= 4 is 11.9 Å². The number of nitrogens with zero attached hydrogens (tertiary/aromatic N) is 1. The summed E-state index contributed by atoms with van der Waals surface area (Å²) in [6.45, 7) is -0.267. The molecule has 0 aliphatic carbocycles. The summed E-state index contributed by atoms with van der Waals surface area (Å²) >= 11 is 0. The van der Waals surface area contributed by atoms with Gasteiger partial charge in [0.25, 0.3) is 0 Å². The zero-order valence-corrected chi connectivity index (χ0v) is 6.43. The fourth-order valence-electron chi connectivity index (χ4n) is 0.888. The van der Waals surface area contributed by atoms with Gasteiger partial charge in [0.05, 0.1) is 0 Å². The van der Waals surface area contributed by atoms with E-state index in [0.717, 1.165) is 0 Å².